The monoisotopic (exact) mass is 234 g/mol. The van der Waals surface area contributed by atoms with Crippen LogP contribution in [-0.2, 0) is 11.2 Å². The molecule has 1 saturated heterocycles. The van der Waals surface area contributed by atoms with Gasteiger partial charge in [-0.25, -0.2) is 0 Å². The van der Waals surface area contributed by atoms with Crippen molar-refractivity contribution in [2.24, 2.45) is 5.92 Å². The zero-order chi connectivity index (χ0) is 12.1. The molecule has 0 spiro atoms. The number of aliphatic hydroxyl groups excluding tert-OH is 1. The Labute approximate surface area is 104 Å². The summed E-state index contributed by atoms with van der Waals surface area (Å²) in [5.74, 6) is 0.615. The van der Waals surface area contributed by atoms with Crippen LogP contribution < -0.4 is 0 Å². The van der Waals surface area contributed by atoms with Gasteiger partial charge in [0.2, 0.25) is 0 Å². The Balaban J connectivity index is 2.00. The van der Waals surface area contributed by atoms with E-state index in [0.29, 0.717) is 5.92 Å². The van der Waals surface area contributed by atoms with Crippen LogP contribution >= 0.6 is 0 Å². The first kappa shape index (κ1) is 12.6. The average Bonchev–Trinajstić information content (AvgIpc) is 2.40. The highest BCUT2D eigenvalue weighted by Gasteiger charge is 2.19. The van der Waals surface area contributed by atoms with E-state index in [1.165, 1.54) is 5.56 Å². The molecule has 17 heavy (non-hydrogen) atoms. The fraction of sp³-hybridized carbons (Fsp3) is 0.600. The normalized spacial score (nSPS) is 19.2. The standard InChI is InChI=1S/C15H22O2/c1-2-13-5-3-4-6-14(13)15(16)11-12-7-9-17-10-8-12/h3-6,12,15-16H,2,7-11H2,1H3. The molecular weight excluding hydrogens is 212 g/mol. The molecule has 0 bridgehead atoms. The summed E-state index contributed by atoms with van der Waals surface area (Å²) in [6.07, 6.45) is 3.73. The van der Waals surface area contributed by atoms with E-state index in [4.69, 9.17) is 4.74 Å². The molecule has 2 rings (SSSR count). The topological polar surface area (TPSA) is 29.5 Å². The summed E-state index contributed by atoms with van der Waals surface area (Å²) in [5, 5.41) is 10.3. The van der Waals surface area contributed by atoms with Crippen LogP contribution in [0, 0.1) is 5.92 Å². The average molecular weight is 234 g/mol. The predicted octanol–water partition coefficient (Wildman–Crippen LogP) is 3.10. The van der Waals surface area contributed by atoms with Crippen molar-refractivity contribution in [3.05, 3.63) is 35.4 Å². The summed E-state index contributed by atoms with van der Waals surface area (Å²) in [4.78, 5) is 0. The molecule has 0 aromatic heterocycles. The van der Waals surface area contributed by atoms with Crippen molar-refractivity contribution in [1.82, 2.24) is 0 Å². The first-order chi connectivity index (χ1) is 8.31. The molecule has 0 aliphatic carbocycles. The Morgan fingerprint density at radius 1 is 1.29 bits per heavy atom. The van der Waals surface area contributed by atoms with Crippen molar-refractivity contribution in [2.45, 2.75) is 38.7 Å². The Morgan fingerprint density at radius 2 is 2.00 bits per heavy atom. The fourth-order valence-corrected chi connectivity index (χ4v) is 2.61. The van der Waals surface area contributed by atoms with Crippen molar-refractivity contribution in [3.8, 4) is 0 Å². The van der Waals surface area contributed by atoms with Crippen LogP contribution in [-0.4, -0.2) is 18.3 Å². The maximum atomic E-state index is 10.3. The summed E-state index contributed by atoms with van der Waals surface area (Å²) in [6, 6.07) is 8.23. The van der Waals surface area contributed by atoms with E-state index in [2.05, 4.69) is 19.1 Å². The van der Waals surface area contributed by atoms with Crippen LogP contribution in [0.25, 0.3) is 0 Å². The molecular formula is C15H22O2. The van der Waals surface area contributed by atoms with Crippen molar-refractivity contribution in [3.63, 3.8) is 0 Å². The van der Waals surface area contributed by atoms with Crippen LogP contribution in [0.1, 0.15) is 43.4 Å². The minimum absolute atomic E-state index is 0.311. The first-order valence-corrected chi connectivity index (χ1v) is 6.65. The lowest BCUT2D eigenvalue weighted by atomic mass is 9.89. The molecule has 1 aliphatic rings. The van der Waals surface area contributed by atoms with Gasteiger partial charge >= 0.3 is 0 Å². The highest BCUT2D eigenvalue weighted by Crippen LogP contribution is 2.29. The molecule has 0 amide bonds. The molecule has 2 heteroatoms. The van der Waals surface area contributed by atoms with Gasteiger partial charge in [-0.15, -0.1) is 0 Å². The van der Waals surface area contributed by atoms with Gasteiger partial charge < -0.3 is 9.84 Å². The molecule has 94 valence electrons. The van der Waals surface area contributed by atoms with Gasteiger partial charge in [-0.2, -0.15) is 0 Å². The molecule has 1 unspecified atom stereocenters. The molecule has 1 aliphatic heterocycles. The molecule has 1 aromatic rings. The van der Waals surface area contributed by atoms with E-state index in [9.17, 15) is 5.11 Å². The van der Waals surface area contributed by atoms with Gasteiger partial charge in [-0.05, 0) is 42.7 Å². The Kier molecular flexibility index (Phi) is 4.57. The number of aryl methyl sites for hydroxylation is 1. The number of benzene rings is 1. The third-order valence-electron chi connectivity index (χ3n) is 3.69. The summed E-state index contributed by atoms with van der Waals surface area (Å²) < 4.78 is 5.35. The maximum Gasteiger partial charge on any atom is 0.0795 e. The smallest absolute Gasteiger partial charge is 0.0795 e. The van der Waals surface area contributed by atoms with Crippen LogP contribution in [0.5, 0.6) is 0 Å². The van der Waals surface area contributed by atoms with Crippen LogP contribution in [0.2, 0.25) is 0 Å². The lowest BCUT2D eigenvalue weighted by molar-refractivity contribution is 0.0433. The Hall–Kier alpha value is -0.860. The van der Waals surface area contributed by atoms with Crippen molar-refractivity contribution < 1.29 is 9.84 Å². The number of hydrogen-bond acceptors (Lipinski definition) is 2. The van der Waals surface area contributed by atoms with Gasteiger partial charge in [0.05, 0.1) is 6.10 Å². The minimum Gasteiger partial charge on any atom is -0.388 e. The van der Waals surface area contributed by atoms with Crippen LogP contribution in [0.4, 0.5) is 0 Å². The van der Waals surface area contributed by atoms with Gasteiger partial charge in [0, 0.05) is 13.2 Å². The van der Waals surface area contributed by atoms with E-state index in [1.54, 1.807) is 0 Å². The number of aliphatic hydroxyl groups is 1. The third kappa shape index (κ3) is 3.30. The Bertz CT molecular complexity index is 343. The highest BCUT2D eigenvalue weighted by atomic mass is 16.5. The first-order valence-electron chi connectivity index (χ1n) is 6.65. The summed E-state index contributed by atoms with van der Waals surface area (Å²) in [7, 11) is 0. The van der Waals surface area contributed by atoms with Gasteiger partial charge in [0.15, 0.2) is 0 Å². The second-order valence-corrected chi connectivity index (χ2v) is 4.86. The fourth-order valence-electron chi connectivity index (χ4n) is 2.61. The van der Waals surface area contributed by atoms with Gasteiger partial charge in [0.25, 0.3) is 0 Å². The van der Waals surface area contributed by atoms with E-state index in [1.807, 2.05) is 12.1 Å². The van der Waals surface area contributed by atoms with E-state index in [0.717, 1.165) is 44.5 Å². The maximum absolute atomic E-state index is 10.3. The van der Waals surface area contributed by atoms with E-state index in [-0.39, 0.29) is 6.10 Å². The molecule has 0 radical (unpaired) electrons. The number of ether oxygens (including phenoxy) is 1. The highest BCUT2D eigenvalue weighted by molar-refractivity contribution is 5.29. The Morgan fingerprint density at radius 3 is 2.71 bits per heavy atom. The van der Waals surface area contributed by atoms with Crippen molar-refractivity contribution in [1.29, 1.82) is 0 Å². The van der Waals surface area contributed by atoms with Gasteiger partial charge in [-0.3, -0.25) is 0 Å². The van der Waals surface area contributed by atoms with Gasteiger partial charge in [-0.1, -0.05) is 31.2 Å². The SMILES string of the molecule is CCc1ccccc1C(O)CC1CCOCC1. The van der Waals surface area contributed by atoms with Gasteiger partial charge in [0.1, 0.15) is 0 Å². The second kappa shape index (κ2) is 6.18. The largest absolute Gasteiger partial charge is 0.388 e. The molecule has 1 N–H and O–H groups in total. The molecule has 1 fully saturated rings. The lowest BCUT2D eigenvalue weighted by Gasteiger charge is -2.25. The molecule has 1 atom stereocenters. The van der Waals surface area contributed by atoms with Crippen molar-refractivity contribution >= 4 is 0 Å². The zero-order valence-electron chi connectivity index (χ0n) is 10.6. The summed E-state index contributed by atoms with van der Waals surface area (Å²) in [5.41, 5.74) is 2.38. The summed E-state index contributed by atoms with van der Waals surface area (Å²) >= 11 is 0. The number of hydrogen-bond donors (Lipinski definition) is 1. The summed E-state index contributed by atoms with van der Waals surface area (Å²) in [6.45, 7) is 3.85. The quantitative estimate of drug-likeness (QED) is 0.867. The zero-order valence-corrected chi connectivity index (χ0v) is 10.6. The predicted molar refractivity (Wildman–Crippen MR) is 68.9 cm³/mol. The van der Waals surface area contributed by atoms with Crippen LogP contribution in [0.3, 0.4) is 0 Å². The van der Waals surface area contributed by atoms with E-state index >= 15 is 0 Å². The third-order valence-corrected chi connectivity index (χ3v) is 3.69. The van der Waals surface area contributed by atoms with Crippen LogP contribution in [0.15, 0.2) is 24.3 Å². The number of rotatable bonds is 4. The molecule has 1 aromatic carbocycles. The second-order valence-electron chi connectivity index (χ2n) is 4.86. The molecule has 2 nitrogen and oxygen atoms in total. The minimum atomic E-state index is -0.311. The molecule has 1 heterocycles. The lowest BCUT2D eigenvalue weighted by Crippen LogP contribution is -2.18. The van der Waals surface area contributed by atoms with Crippen molar-refractivity contribution in [2.75, 3.05) is 13.2 Å². The molecule has 0 saturated carbocycles. The van der Waals surface area contributed by atoms with E-state index < -0.39 is 0 Å².